The molecule has 1 N–H and O–H groups in total. The van der Waals surface area contributed by atoms with Crippen LogP contribution in [-0.2, 0) is 15.9 Å². The Labute approximate surface area is 151 Å². The monoisotopic (exact) mass is 342 g/mol. The van der Waals surface area contributed by atoms with Gasteiger partial charge in [-0.15, -0.1) is 0 Å². The predicted molar refractivity (Wildman–Crippen MR) is 102 cm³/mol. The standard InChI is InChI=1S/C22H30O3/c1-22(2)13-11-20(19(15-23)21(22)24-3)25-14-12-17-9-6-8-16-7-4-5-10-18(16)17/h4-10,19-21,23H,11-15H2,1-3H3/t19-,20-,21-/m1/s1. The van der Waals surface area contributed by atoms with Crippen LogP contribution < -0.4 is 0 Å². The summed E-state index contributed by atoms with van der Waals surface area (Å²) in [6, 6.07) is 14.9. The minimum absolute atomic E-state index is 0.0359. The zero-order valence-corrected chi connectivity index (χ0v) is 15.6. The Balaban J connectivity index is 1.65. The van der Waals surface area contributed by atoms with Gasteiger partial charge in [0.25, 0.3) is 0 Å². The normalized spacial score (nSPS) is 26.0. The average molecular weight is 342 g/mol. The quantitative estimate of drug-likeness (QED) is 0.854. The number of aliphatic hydroxyl groups is 1. The molecule has 0 spiro atoms. The molecule has 0 heterocycles. The second-order valence-corrected chi connectivity index (χ2v) is 7.83. The van der Waals surface area contributed by atoms with E-state index in [0.717, 1.165) is 19.3 Å². The molecule has 1 saturated carbocycles. The van der Waals surface area contributed by atoms with Crippen LogP contribution in [0.3, 0.4) is 0 Å². The van der Waals surface area contributed by atoms with Crippen molar-refractivity contribution in [2.75, 3.05) is 20.3 Å². The molecule has 0 aromatic heterocycles. The van der Waals surface area contributed by atoms with Crippen LogP contribution in [0.1, 0.15) is 32.3 Å². The molecular formula is C22H30O3. The van der Waals surface area contributed by atoms with Gasteiger partial charge in [0.15, 0.2) is 0 Å². The fraction of sp³-hybridized carbons (Fsp3) is 0.545. The Morgan fingerprint density at radius 2 is 1.88 bits per heavy atom. The first-order valence-electron chi connectivity index (χ1n) is 9.28. The van der Waals surface area contributed by atoms with Gasteiger partial charge in [0, 0.05) is 13.0 Å². The summed E-state index contributed by atoms with van der Waals surface area (Å²) in [5, 5.41) is 12.5. The number of benzene rings is 2. The van der Waals surface area contributed by atoms with Crippen LogP contribution in [0.25, 0.3) is 10.8 Å². The molecule has 3 heteroatoms. The van der Waals surface area contributed by atoms with Crippen molar-refractivity contribution in [2.24, 2.45) is 11.3 Å². The summed E-state index contributed by atoms with van der Waals surface area (Å²) < 4.78 is 11.9. The van der Waals surface area contributed by atoms with Crippen molar-refractivity contribution in [3.63, 3.8) is 0 Å². The second-order valence-electron chi connectivity index (χ2n) is 7.83. The maximum absolute atomic E-state index is 9.89. The summed E-state index contributed by atoms with van der Waals surface area (Å²) in [5.41, 5.74) is 1.40. The fourth-order valence-corrected chi connectivity index (χ4v) is 4.39. The number of hydrogen-bond donors (Lipinski definition) is 1. The van der Waals surface area contributed by atoms with Crippen LogP contribution in [0, 0.1) is 11.3 Å². The highest BCUT2D eigenvalue weighted by Gasteiger charge is 2.44. The van der Waals surface area contributed by atoms with Gasteiger partial charge in [0.05, 0.1) is 25.4 Å². The molecule has 3 nitrogen and oxygen atoms in total. The van der Waals surface area contributed by atoms with E-state index < -0.39 is 0 Å². The average Bonchev–Trinajstić information content (AvgIpc) is 2.62. The molecule has 0 unspecified atom stereocenters. The van der Waals surface area contributed by atoms with Crippen LogP contribution in [0.4, 0.5) is 0 Å². The van der Waals surface area contributed by atoms with E-state index in [2.05, 4.69) is 56.3 Å². The highest BCUT2D eigenvalue weighted by Crippen LogP contribution is 2.41. The summed E-state index contributed by atoms with van der Waals surface area (Å²) >= 11 is 0. The maximum Gasteiger partial charge on any atom is 0.0697 e. The molecule has 3 rings (SSSR count). The summed E-state index contributed by atoms with van der Waals surface area (Å²) in [5.74, 6) is 0.0428. The minimum atomic E-state index is 0.0359. The Morgan fingerprint density at radius 3 is 2.64 bits per heavy atom. The van der Waals surface area contributed by atoms with Crippen LogP contribution in [0.15, 0.2) is 42.5 Å². The van der Waals surface area contributed by atoms with Gasteiger partial charge < -0.3 is 14.6 Å². The minimum Gasteiger partial charge on any atom is -0.396 e. The van der Waals surface area contributed by atoms with E-state index in [1.807, 2.05) is 0 Å². The lowest BCUT2D eigenvalue weighted by Crippen LogP contribution is -2.50. The predicted octanol–water partition coefficient (Wildman–Crippen LogP) is 4.21. The van der Waals surface area contributed by atoms with Crippen molar-refractivity contribution in [1.29, 1.82) is 0 Å². The molecular weight excluding hydrogens is 312 g/mol. The van der Waals surface area contributed by atoms with Gasteiger partial charge in [-0.3, -0.25) is 0 Å². The van der Waals surface area contributed by atoms with E-state index in [-0.39, 0.29) is 30.1 Å². The zero-order valence-electron chi connectivity index (χ0n) is 15.6. The van der Waals surface area contributed by atoms with Gasteiger partial charge in [0.1, 0.15) is 0 Å². The topological polar surface area (TPSA) is 38.7 Å². The summed E-state index contributed by atoms with van der Waals surface area (Å²) in [7, 11) is 1.74. The third kappa shape index (κ3) is 3.89. The van der Waals surface area contributed by atoms with Crippen molar-refractivity contribution in [3.05, 3.63) is 48.0 Å². The highest BCUT2D eigenvalue weighted by atomic mass is 16.5. The second kappa shape index (κ2) is 7.86. The van der Waals surface area contributed by atoms with Gasteiger partial charge >= 0.3 is 0 Å². The number of aliphatic hydroxyl groups excluding tert-OH is 1. The third-order valence-electron chi connectivity index (χ3n) is 5.76. The lowest BCUT2D eigenvalue weighted by molar-refractivity contribution is -0.142. The van der Waals surface area contributed by atoms with Crippen LogP contribution >= 0.6 is 0 Å². The lowest BCUT2D eigenvalue weighted by Gasteiger charge is -2.46. The van der Waals surface area contributed by atoms with Gasteiger partial charge in [0.2, 0.25) is 0 Å². The molecule has 3 atom stereocenters. The number of methoxy groups -OCH3 is 1. The highest BCUT2D eigenvalue weighted by molar-refractivity contribution is 5.85. The molecule has 1 fully saturated rings. The molecule has 0 amide bonds. The van der Waals surface area contributed by atoms with Gasteiger partial charge in [-0.25, -0.2) is 0 Å². The fourth-order valence-electron chi connectivity index (χ4n) is 4.39. The van der Waals surface area contributed by atoms with E-state index >= 15 is 0 Å². The number of fused-ring (bicyclic) bond motifs is 1. The number of rotatable bonds is 6. The van der Waals surface area contributed by atoms with Crippen LogP contribution in [-0.4, -0.2) is 37.6 Å². The Hall–Kier alpha value is -1.42. The molecule has 0 saturated heterocycles. The first-order chi connectivity index (χ1) is 12.1. The molecule has 136 valence electrons. The van der Waals surface area contributed by atoms with E-state index in [4.69, 9.17) is 9.47 Å². The van der Waals surface area contributed by atoms with Gasteiger partial charge in [-0.1, -0.05) is 56.3 Å². The maximum atomic E-state index is 9.89. The third-order valence-corrected chi connectivity index (χ3v) is 5.76. The van der Waals surface area contributed by atoms with Crippen LogP contribution in [0.5, 0.6) is 0 Å². The molecule has 0 bridgehead atoms. The summed E-state index contributed by atoms with van der Waals surface area (Å²) in [4.78, 5) is 0. The summed E-state index contributed by atoms with van der Waals surface area (Å²) in [6.07, 6.45) is 3.03. The van der Waals surface area contributed by atoms with E-state index in [0.29, 0.717) is 6.61 Å². The Kier molecular flexibility index (Phi) is 5.78. The van der Waals surface area contributed by atoms with Crippen LogP contribution in [0.2, 0.25) is 0 Å². The molecule has 0 aliphatic heterocycles. The van der Waals surface area contributed by atoms with E-state index in [1.165, 1.54) is 16.3 Å². The van der Waals surface area contributed by atoms with E-state index in [9.17, 15) is 5.11 Å². The smallest absolute Gasteiger partial charge is 0.0697 e. The zero-order chi connectivity index (χ0) is 17.9. The number of hydrogen-bond acceptors (Lipinski definition) is 3. The first kappa shape index (κ1) is 18.4. The first-order valence-corrected chi connectivity index (χ1v) is 9.28. The Morgan fingerprint density at radius 1 is 1.12 bits per heavy atom. The molecule has 1 aliphatic carbocycles. The van der Waals surface area contributed by atoms with Crippen molar-refractivity contribution in [3.8, 4) is 0 Å². The van der Waals surface area contributed by atoms with Gasteiger partial charge in [-0.2, -0.15) is 0 Å². The molecule has 0 radical (unpaired) electrons. The van der Waals surface area contributed by atoms with Crippen molar-refractivity contribution in [1.82, 2.24) is 0 Å². The summed E-state index contributed by atoms with van der Waals surface area (Å²) in [6.45, 7) is 5.22. The molecule has 2 aromatic rings. The molecule has 25 heavy (non-hydrogen) atoms. The van der Waals surface area contributed by atoms with Crippen molar-refractivity contribution in [2.45, 2.75) is 45.3 Å². The Bertz CT molecular complexity index is 689. The van der Waals surface area contributed by atoms with E-state index in [1.54, 1.807) is 7.11 Å². The lowest BCUT2D eigenvalue weighted by atomic mass is 9.68. The SMILES string of the molecule is CO[C@@H]1[C@H](CO)[C@H](OCCc2cccc3ccccc23)CCC1(C)C. The largest absolute Gasteiger partial charge is 0.396 e. The molecule has 2 aromatic carbocycles. The van der Waals surface area contributed by atoms with Crippen molar-refractivity contribution >= 4 is 10.8 Å². The molecule has 1 aliphatic rings. The van der Waals surface area contributed by atoms with Gasteiger partial charge in [-0.05, 0) is 41.0 Å². The van der Waals surface area contributed by atoms with Crippen molar-refractivity contribution < 1.29 is 14.6 Å². The number of ether oxygens (including phenoxy) is 2.